The van der Waals surface area contributed by atoms with Gasteiger partial charge in [-0.05, 0) is 29.5 Å². The molecule has 0 aromatic heterocycles. The summed E-state index contributed by atoms with van der Waals surface area (Å²) in [5.41, 5.74) is 0. The number of hydrogen-bond acceptors (Lipinski definition) is 2. The van der Waals surface area contributed by atoms with Crippen molar-refractivity contribution in [1.82, 2.24) is 1.33 Å². The summed E-state index contributed by atoms with van der Waals surface area (Å²) in [7, 11) is 0. The molecule has 0 rings (SSSR count). The smallest absolute Gasteiger partial charge is 0.335 e. The SMILES string of the molecule is CC(I)(C(=O)O)N(I)I. The van der Waals surface area contributed by atoms with Gasteiger partial charge in [0.2, 0.25) is 0 Å². The van der Waals surface area contributed by atoms with E-state index in [0.29, 0.717) is 0 Å². The Balaban J connectivity index is 4.19. The van der Waals surface area contributed by atoms with E-state index in [4.69, 9.17) is 5.11 Å². The monoisotopic (exact) mass is 467 g/mol. The maximum absolute atomic E-state index is 10.4. The van der Waals surface area contributed by atoms with Gasteiger partial charge >= 0.3 is 5.97 Å². The lowest BCUT2D eigenvalue weighted by Gasteiger charge is -2.20. The molecule has 0 saturated carbocycles. The minimum atomic E-state index is -0.827. The van der Waals surface area contributed by atoms with Crippen molar-refractivity contribution in [2.75, 3.05) is 0 Å². The zero-order valence-electron chi connectivity index (χ0n) is 4.44. The van der Waals surface area contributed by atoms with E-state index in [1.54, 1.807) is 8.25 Å². The van der Waals surface area contributed by atoms with Crippen molar-refractivity contribution in [1.29, 1.82) is 0 Å². The van der Waals surface area contributed by atoms with Gasteiger partial charge in [-0.15, -0.1) is 0 Å². The predicted octanol–water partition coefficient (Wildman–Crippen LogP) is 2.22. The average Bonchev–Trinajstić information content (AvgIpc) is 1.65. The summed E-state index contributed by atoms with van der Waals surface area (Å²) in [6.45, 7) is 1.63. The highest BCUT2D eigenvalue weighted by Gasteiger charge is 2.34. The van der Waals surface area contributed by atoms with E-state index < -0.39 is 9.51 Å². The predicted molar refractivity (Wildman–Crippen MR) is 59.9 cm³/mol. The quantitative estimate of drug-likeness (QED) is 0.294. The number of carbonyl (C=O) groups is 1. The molecule has 0 saturated heterocycles. The van der Waals surface area contributed by atoms with Gasteiger partial charge < -0.3 is 5.11 Å². The van der Waals surface area contributed by atoms with E-state index in [1.807, 2.05) is 68.3 Å². The molecule has 0 radical (unpaired) electrons. The van der Waals surface area contributed by atoms with Crippen LogP contribution < -0.4 is 0 Å². The summed E-state index contributed by atoms with van der Waals surface area (Å²) in [6.07, 6.45) is 0. The highest BCUT2D eigenvalue weighted by Crippen LogP contribution is 2.30. The first-order chi connectivity index (χ1) is 3.89. The second-order valence-electron chi connectivity index (χ2n) is 1.49. The Hall–Kier alpha value is 1.62. The maximum atomic E-state index is 10.4. The third-order valence-corrected chi connectivity index (χ3v) is 5.43. The van der Waals surface area contributed by atoms with Crippen molar-refractivity contribution >= 4 is 74.3 Å². The Morgan fingerprint density at radius 1 is 1.67 bits per heavy atom. The summed E-state index contributed by atoms with van der Waals surface area (Å²) >= 11 is 5.73. The average molecular weight is 467 g/mol. The zero-order chi connectivity index (χ0) is 7.65. The van der Waals surface area contributed by atoms with E-state index in [9.17, 15) is 4.79 Å². The summed E-state index contributed by atoms with van der Waals surface area (Å²) in [4.78, 5) is 10.4. The van der Waals surface area contributed by atoms with Gasteiger partial charge in [0.05, 0.1) is 0 Å². The number of carboxylic acid groups (broad SMARTS) is 1. The molecule has 54 valence electrons. The Kier molecular flexibility index (Phi) is 4.55. The van der Waals surface area contributed by atoms with Crippen LogP contribution in [0.4, 0.5) is 0 Å². The van der Waals surface area contributed by atoms with Gasteiger partial charge in [0.1, 0.15) is 0 Å². The molecular weight excluding hydrogens is 463 g/mol. The summed E-state index contributed by atoms with van der Waals surface area (Å²) in [5.74, 6) is -0.827. The second kappa shape index (κ2) is 3.85. The van der Waals surface area contributed by atoms with Gasteiger partial charge in [0.15, 0.2) is 3.55 Å². The van der Waals surface area contributed by atoms with Crippen LogP contribution in [0.5, 0.6) is 0 Å². The Bertz CT molecular complexity index is 124. The Morgan fingerprint density at radius 3 is 2.00 bits per heavy atom. The number of nitrogens with zero attached hydrogens (tertiary/aromatic N) is 1. The minimum absolute atomic E-state index is 0.807. The van der Waals surface area contributed by atoms with Crippen LogP contribution in [0, 0.1) is 0 Å². The van der Waals surface area contributed by atoms with Crippen molar-refractivity contribution in [2.45, 2.75) is 10.5 Å². The molecule has 0 aromatic carbocycles. The van der Waals surface area contributed by atoms with Gasteiger partial charge in [-0.1, -0.05) is 0 Å². The molecule has 3 nitrogen and oxygen atoms in total. The van der Waals surface area contributed by atoms with Gasteiger partial charge in [-0.25, -0.2) is 4.79 Å². The second-order valence-corrected chi connectivity index (χ2v) is 7.37. The molecule has 0 aliphatic heterocycles. The van der Waals surface area contributed by atoms with E-state index in [-0.39, 0.29) is 0 Å². The van der Waals surface area contributed by atoms with Crippen molar-refractivity contribution in [3.63, 3.8) is 0 Å². The topological polar surface area (TPSA) is 40.5 Å². The molecule has 0 aliphatic carbocycles. The zero-order valence-corrected chi connectivity index (χ0v) is 10.9. The fraction of sp³-hybridized carbons (Fsp3) is 0.667. The minimum Gasteiger partial charge on any atom is -0.479 e. The van der Waals surface area contributed by atoms with Gasteiger partial charge in [0, 0.05) is 45.7 Å². The van der Waals surface area contributed by atoms with Crippen molar-refractivity contribution < 1.29 is 9.90 Å². The number of halogens is 3. The number of aliphatic carboxylic acids is 1. The van der Waals surface area contributed by atoms with Gasteiger partial charge in [0.25, 0.3) is 0 Å². The highest BCUT2D eigenvalue weighted by molar-refractivity contribution is 14.2. The molecule has 0 spiro atoms. The number of hydrogen-bond donors (Lipinski definition) is 1. The number of rotatable bonds is 2. The third-order valence-electron chi connectivity index (χ3n) is 0.708. The lowest BCUT2D eigenvalue weighted by atomic mass is 10.4. The summed E-state index contributed by atoms with van der Waals surface area (Å²) in [5, 5.41) is 8.55. The first-order valence-electron chi connectivity index (χ1n) is 1.93. The van der Waals surface area contributed by atoms with E-state index in [2.05, 4.69) is 0 Å². The fourth-order valence-electron chi connectivity index (χ4n) is 0.0723. The highest BCUT2D eigenvalue weighted by atomic mass is 127. The maximum Gasteiger partial charge on any atom is 0.335 e. The number of carboxylic acids is 1. The normalized spacial score (nSPS) is 17.4. The standard InChI is InChI=1S/C3H4I3NO2/c1-3(4,2(8)9)7(5)6/h1H3,(H,8,9). The first-order valence-corrected chi connectivity index (χ1v) is 4.94. The molecule has 0 fully saturated rings. The Morgan fingerprint density at radius 2 is 2.00 bits per heavy atom. The van der Waals surface area contributed by atoms with Crippen LogP contribution >= 0.6 is 68.3 Å². The molecular formula is C3H4I3NO2. The largest absolute Gasteiger partial charge is 0.479 e. The van der Waals surface area contributed by atoms with Crippen molar-refractivity contribution in [2.24, 2.45) is 0 Å². The lowest BCUT2D eigenvalue weighted by molar-refractivity contribution is -0.139. The van der Waals surface area contributed by atoms with E-state index >= 15 is 0 Å². The van der Waals surface area contributed by atoms with Crippen LogP contribution in [0.1, 0.15) is 6.92 Å². The third kappa shape index (κ3) is 3.01. The molecule has 0 aromatic rings. The molecule has 0 amide bonds. The fourth-order valence-corrected chi connectivity index (χ4v) is 0.485. The van der Waals surface area contributed by atoms with Gasteiger partial charge in [-0.3, -0.25) is 0 Å². The van der Waals surface area contributed by atoms with Crippen LogP contribution in [0.3, 0.4) is 0 Å². The van der Waals surface area contributed by atoms with Gasteiger partial charge in [-0.2, -0.15) is 1.33 Å². The van der Waals surface area contributed by atoms with Crippen LogP contribution in [-0.2, 0) is 4.79 Å². The molecule has 9 heavy (non-hydrogen) atoms. The first kappa shape index (κ1) is 10.6. The Labute approximate surface area is 94.7 Å². The van der Waals surface area contributed by atoms with Crippen LogP contribution in [0.2, 0.25) is 0 Å². The van der Waals surface area contributed by atoms with Crippen molar-refractivity contribution in [3.8, 4) is 0 Å². The molecule has 1 atom stereocenters. The molecule has 1 N–H and O–H groups in total. The molecule has 0 bridgehead atoms. The van der Waals surface area contributed by atoms with Crippen molar-refractivity contribution in [3.05, 3.63) is 0 Å². The summed E-state index contributed by atoms with van der Waals surface area (Å²) < 4.78 is 0.782. The number of alkyl halides is 1. The van der Waals surface area contributed by atoms with E-state index in [1.165, 1.54) is 0 Å². The molecule has 6 heteroatoms. The van der Waals surface area contributed by atoms with Crippen LogP contribution in [-0.4, -0.2) is 15.9 Å². The van der Waals surface area contributed by atoms with E-state index in [0.717, 1.165) is 0 Å². The molecule has 1 unspecified atom stereocenters. The van der Waals surface area contributed by atoms with Crippen LogP contribution in [0.15, 0.2) is 0 Å². The lowest BCUT2D eigenvalue weighted by Crippen LogP contribution is -2.35. The summed E-state index contributed by atoms with van der Waals surface area (Å²) in [6, 6.07) is 0. The van der Waals surface area contributed by atoms with Crippen LogP contribution in [0.25, 0.3) is 0 Å². The molecule has 0 aliphatic rings. The molecule has 0 heterocycles.